The van der Waals surface area contributed by atoms with E-state index in [9.17, 15) is 9.18 Å². The summed E-state index contributed by atoms with van der Waals surface area (Å²) in [6.45, 7) is 0.397. The van der Waals surface area contributed by atoms with Crippen LogP contribution in [0.25, 0.3) is 0 Å². The van der Waals surface area contributed by atoms with Gasteiger partial charge in [0.1, 0.15) is 5.82 Å². The summed E-state index contributed by atoms with van der Waals surface area (Å²) in [5.74, 6) is -0.571. The normalized spacial score (nSPS) is 13.2. The Labute approximate surface area is 166 Å². The van der Waals surface area contributed by atoms with Crippen LogP contribution in [0.5, 0.6) is 0 Å². The summed E-state index contributed by atoms with van der Waals surface area (Å²) in [4.78, 5) is 17.4. The van der Waals surface area contributed by atoms with Gasteiger partial charge in [-0.1, -0.05) is 23.5 Å². The van der Waals surface area contributed by atoms with Gasteiger partial charge in [0.25, 0.3) is 5.91 Å². The molecule has 0 unspecified atom stereocenters. The van der Waals surface area contributed by atoms with Crippen molar-refractivity contribution in [3.05, 3.63) is 64.9 Å². The van der Waals surface area contributed by atoms with Crippen molar-refractivity contribution >= 4 is 39.4 Å². The topological polar surface area (TPSA) is 92.1 Å². The summed E-state index contributed by atoms with van der Waals surface area (Å²) in [5, 5.41) is 9.83. The highest BCUT2D eigenvalue weighted by Crippen LogP contribution is 2.27. The number of anilines is 4. The van der Waals surface area contributed by atoms with Crippen molar-refractivity contribution in [2.24, 2.45) is 0 Å². The summed E-state index contributed by atoms with van der Waals surface area (Å²) in [6, 6.07) is 12.1. The third kappa shape index (κ3) is 4.40. The number of carbonyl (C=O) groups is 1. The molecule has 0 aliphatic heterocycles. The number of nitrogens with two attached hydrogens (primary N) is 1. The van der Waals surface area contributed by atoms with E-state index in [0.717, 1.165) is 23.4 Å². The number of para-hydroxylation sites is 2. The van der Waals surface area contributed by atoms with Crippen molar-refractivity contribution in [3.63, 3.8) is 0 Å². The van der Waals surface area contributed by atoms with Gasteiger partial charge >= 0.3 is 0 Å². The summed E-state index contributed by atoms with van der Waals surface area (Å²) >= 11 is 1.45. The quantitative estimate of drug-likeness (QED) is 0.450. The molecule has 1 saturated carbocycles. The molecule has 6 nitrogen and oxygen atoms in total. The number of nitrogens with zero attached hydrogens (tertiary/aromatic N) is 1. The second kappa shape index (κ2) is 7.85. The van der Waals surface area contributed by atoms with Gasteiger partial charge in [-0.05, 0) is 43.2 Å². The summed E-state index contributed by atoms with van der Waals surface area (Å²) in [5.41, 5.74) is 8.09. The van der Waals surface area contributed by atoms with Crippen molar-refractivity contribution in [1.29, 1.82) is 0 Å². The fourth-order valence-electron chi connectivity index (χ4n) is 2.65. The third-order valence-electron chi connectivity index (χ3n) is 4.35. The highest BCUT2D eigenvalue weighted by molar-refractivity contribution is 7.15. The molecule has 5 N–H and O–H groups in total. The molecule has 0 radical (unpaired) electrons. The Bertz CT molecular complexity index is 1000. The Balaban J connectivity index is 1.40. The van der Waals surface area contributed by atoms with Crippen molar-refractivity contribution in [1.82, 2.24) is 10.3 Å². The number of nitrogens with one attached hydrogen (secondary N) is 3. The number of amides is 1. The number of thiazole rings is 1. The minimum absolute atomic E-state index is 0.171. The number of hydrogen-bond acceptors (Lipinski definition) is 6. The largest absolute Gasteiger partial charge is 0.397 e. The zero-order valence-corrected chi connectivity index (χ0v) is 15.9. The smallest absolute Gasteiger partial charge is 0.251 e. The maximum absolute atomic E-state index is 14.1. The molecular formula is C20H20FN5OS. The third-order valence-corrected chi connectivity index (χ3v) is 5.26. The Kier molecular flexibility index (Phi) is 5.12. The van der Waals surface area contributed by atoms with E-state index in [1.54, 1.807) is 6.20 Å². The average molecular weight is 397 g/mol. The van der Waals surface area contributed by atoms with E-state index >= 15 is 0 Å². The monoisotopic (exact) mass is 397 g/mol. The number of halogens is 1. The van der Waals surface area contributed by atoms with Gasteiger partial charge in [-0.25, -0.2) is 9.37 Å². The SMILES string of the molecule is Nc1ccccc1Nc1ncc(CNc2cc(C(=O)NC3CC3)ccc2F)s1. The van der Waals surface area contributed by atoms with E-state index in [2.05, 4.69) is 20.9 Å². The van der Waals surface area contributed by atoms with Crippen LogP contribution in [0.2, 0.25) is 0 Å². The highest BCUT2D eigenvalue weighted by Gasteiger charge is 2.24. The Morgan fingerprint density at radius 2 is 2.04 bits per heavy atom. The van der Waals surface area contributed by atoms with Crippen molar-refractivity contribution in [2.45, 2.75) is 25.4 Å². The number of benzene rings is 2. The van der Waals surface area contributed by atoms with E-state index in [0.29, 0.717) is 28.6 Å². The standard InChI is InChI=1S/C20H20FN5OS/c21-15-8-5-12(19(27)25-13-6-7-13)9-18(15)23-10-14-11-24-20(28-14)26-17-4-2-1-3-16(17)22/h1-5,8-9,11,13,23H,6-7,10,22H2,(H,24,26)(H,25,27). The number of aromatic nitrogens is 1. The maximum atomic E-state index is 14.1. The van der Waals surface area contributed by atoms with Crippen molar-refractivity contribution in [3.8, 4) is 0 Å². The molecule has 8 heteroatoms. The van der Waals surface area contributed by atoms with Gasteiger partial charge < -0.3 is 21.7 Å². The molecule has 1 fully saturated rings. The summed E-state index contributed by atoms with van der Waals surface area (Å²) in [6.07, 6.45) is 3.74. The van der Waals surface area contributed by atoms with Crippen LogP contribution in [0.4, 0.5) is 26.6 Å². The zero-order valence-electron chi connectivity index (χ0n) is 15.0. The lowest BCUT2D eigenvalue weighted by atomic mass is 10.1. The number of rotatable bonds is 7. The number of hydrogen-bond donors (Lipinski definition) is 4. The van der Waals surface area contributed by atoms with Gasteiger partial charge in [-0.15, -0.1) is 0 Å². The lowest BCUT2D eigenvalue weighted by Gasteiger charge is -2.09. The van der Waals surface area contributed by atoms with Gasteiger partial charge in [0.05, 0.1) is 23.6 Å². The molecule has 4 rings (SSSR count). The summed E-state index contributed by atoms with van der Waals surface area (Å²) in [7, 11) is 0. The van der Waals surface area contributed by atoms with Crippen LogP contribution < -0.4 is 21.7 Å². The Morgan fingerprint density at radius 3 is 2.82 bits per heavy atom. The fourth-order valence-corrected chi connectivity index (χ4v) is 3.42. The molecule has 1 aliphatic carbocycles. The van der Waals surface area contributed by atoms with Crippen LogP contribution in [-0.4, -0.2) is 16.9 Å². The molecule has 28 heavy (non-hydrogen) atoms. The lowest BCUT2D eigenvalue weighted by molar-refractivity contribution is 0.0951. The summed E-state index contributed by atoms with van der Waals surface area (Å²) < 4.78 is 14.1. The van der Waals surface area contributed by atoms with E-state index in [4.69, 9.17) is 5.73 Å². The van der Waals surface area contributed by atoms with E-state index < -0.39 is 5.82 Å². The van der Waals surface area contributed by atoms with Crippen molar-refractivity contribution < 1.29 is 9.18 Å². The first-order valence-corrected chi connectivity index (χ1v) is 9.80. The average Bonchev–Trinajstić information content (AvgIpc) is 3.39. The molecule has 1 heterocycles. The Hall–Kier alpha value is -3.13. The molecule has 2 aromatic carbocycles. The van der Waals surface area contributed by atoms with Gasteiger partial charge in [0.2, 0.25) is 0 Å². The van der Waals surface area contributed by atoms with Gasteiger partial charge in [-0.3, -0.25) is 4.79 Å². The molecule has 0 spiro atoms. The molecular weight excluding hydrogens is 377 g/mol. The fraction of sp³-hybridized carbons (Fsp3) is 0.200. The predicted octanol–water partition coefficient (Wildman–Crippen LogP) is 4.11. The molecule has 1 aliphatic rings. The van der Waals surface area contributed by atoms with Crippen molar-refractivity contribution in [2.75, 3.05) is 16.4 Å². The van der Waals surface area contributed by atoms with Crippen LogP contribution >= 0.6 is 11.3 Å². The van der Waals surface area contributed by atoms with Crippen LogP contribution in [0, 0.1) is 5.82 Å². The predicted molar refractivity (Wildman–Crippen MR) is 110 cm³/mol. The second-order valence-electron chi connectivity index (χ2n) is 6.64. The minimum Gasteiger partial charge on any atom is -0.397 e. The second-order valence-corrected chi connectivity index (χ2v) is 7.76. The van der Waals surface area contributed by atoms with Crippen LogP contribution in [-0.2, 0) is 6.54 Å². The van der Waals surface area contributed by atoms with Crippen LogP contribution in [0.15, 0.2) is 48.7 Å². The first kappa shape index (κ1) is 18.2. The van der Waals surface area contributed by atoms with Gasteiger partial charge in [0.15, 0.2) is 5.13 Å². The maximum Gasteiger partial charge on any atom is 0.251 e. The molecule has 144 valence electrons. The van der Waals surface area contributed by atoms with Crippen LogP contribution in [0.3, 0.4) is 0 Å². The van der Waals surface area contributed by atoms with Gasteiger partial charge in [-0.2, -0.15) is 0 Å². The molecule has 1 aromatic heterocycles. The molecule has 0 bridgehead atoms. The highest BCUT2D eigenvalue weighted by atomic mass is 32.1. The van der Waals surface area contributed by atoms with Gasteiger partial charge in [0, 0.05) is 22.7 Å². The lowest BCUT2D eigenvalue weighted by Crippen LogP contribution is -2.25. The van der Waals surface area contributed by atoms with E-state index in [1.165, 1.54) is 29.5 Å². The Morgan fingerprint density at radius 1 is 1.21 bits per heavy atom. The zero-order chi connectivity index (χ0) is 19.5. The molecule has 1 amide bonds. The molecule has 0 saturated heterocycles. The molecule has 0 atom stereocenters. The first-order chi connectivity index (χ1) is 13.6. The number of nitrogen functional groups attached to an aromatic ring is 1. The number of carbonyl (C=O) groups excluding carboxylic acids is 1. The van der Waals surface area contributed by atoms with E-state index in [1.807, 2.05) is 24.3 Å². The minimum atomic E-state index is -0.400. The first-order valence-electron chi connectivity index (χ1n) is 8.99. The molecule has 3 aromatic rings. The van der Waals surface area contributed by atoms with E-state index in [-0.39, 0.29) is 11.9 Å². The van der Waals surface area contributed by atoms with Crippen LogP contribution in [0.1, 0.15) is 28.1 Å².